The molecule has 8 heteroatoms. The average molecular weight is 369 g/mol. The fourth-order valence-corrected chi connectivity index (χ4v) is 5.14. The Morgan fingerprint density at radius 1 is 1.20 bits per heavy atom. The summed E-state index contributed by atoms with van der Waals surface area (Å²) in [5, 5.41) is 3.16. The van der Waals surface area contributed by atoms with Gasteiger partial charge < -0.3 is 20.7 Å². The maximum Gasteiger partial charge on any atom is 0.246 e. The van der Waals surface area contributed by atoms with Gasteiger partial charge in [-0.05, 0) is 12.8 Å². The van der Waals surface area contributed by atoms with E-state index in [9.17, 15) is 14.4 Å². The third kappa shape index (κ3) is 3.79. The summed E-state index contributed by atoms with van der Waals surface area (Å²) >= 11 is 1.40. The largest absolute Gasteiger partial charge is 0.381 e. The molecule has 3 fully saturated rings. The van der Waals surface area contributed by atoms with Gasteiger partial charge in [-0.1, -0.05) is 19.3 Å². The average Bonchev–Trinajstić information content (AvgIpc) is 2.62. The topological polar surface area (TPSA) is 102 Å². The number of nitrogens with two attached hydrogens (primary N) is 1. The number of carbonyl (C=O) groups is 3. The number of nitrogens with one attached hydrogen (secondary N) is 1. The van der Waals surface area contributed by atoms with Gasteiger partial charge in [0.1, 0.15) is 11.6 Å². The van der Waals surface area contributed by atoms with Crippen molar-refractivity contribution < 1.29 is 19.1 Å². The molecule has 1 saturated carbocycles. The van der Waals surface area contributed by atoms with Crippen molar-refractivity contribution in [3.05, 3.63) is 0 Å². The molecule has 7 nitrogen and oxygen atoms in total. The van der Waals surface area contributed by atoms with Gasteiger partial charge >= 0.3 is 0 Å². The van der Waals surface area contributed by atoms with Gasteiger partial charge in [0.05, 0.1) is 5.75 Å². The summed E-state index contributed by atoms with van der Waals surface area (Å²) in [4.78, 5) is 39.4. The van der Waals surface area contributed by atoms with Crippen LogP contribution in [0.1, 0.15) is 44.9 Å². The molecule has 0 spiro atoms. The third-order valence-electron chi connectivity index (χ3n) is 5.55. The van der Waals surface area contributed by atoms with E-state index in [1.165, 1.54) is 23.1 Å². The number of nitrogens with zero attached hydrogens (tertiary/aromatic N) is 1. The molecule has 25 heavy (non-hydrogen) atoms. The number of thioether (sulfide) groups is 1. The maximum atomic E-state index is 13.3. The number of ether oxygens (including phenoxy) is 1. The van der Waals surface area contributed by atoms with Crippen LogP contribution in [0.2, 0.25) is 0 Å². The monoisotopic (exact) mass is 369 g/mol. The van der Waals surface area contributed by atoms with Crippen molar-refractivity contribution in [1.29, 1.82) is 0 Å². The highest BCUT2D eigenvalue weighted by molar-refractivity contribution is 8.00. The molecule has 1 aliphatic carbocycles. The minimum absolute atomic E-state index is 0.144. The van der Waals surface area contributed by atoms with Gasteiger partial charge in [-0.2, -0.15) is 0 Å². The van der Waals surface area contributed by atoms with E-state index in [2.05, 4.69) is 5.32 Å². The first-order valence-electron chi connectivity index (χ1n) is 9.12. The lowest BCUT2D eigenvalue weighted by Gasteiger charge is -2.49. The predicted octanol–water partition coefficient (Wildman–Crippen LogP) is 0.414. The zero-order valence-electron chi connectivity index (χ0n) is 14.5. The van der Waals surface area contributed by atoms with Crippen molar-refractivity contribution >= 4 is 29.5 Å². The van der Waals surface area contributed by atoms with Gasteiger partial charge in [-0.15, -0.1) is 11.8 Å². The van der Waals surface area contributed by atoms with Crippen LogP contribution in [-0.4, -0.2) is 65.0 Å². The molecule has 0 radical (unpaired) electrons. The van der Waals surface area contributed by atoms with Crippen molar-refractivity contribution in [2.75, 3.05) is 24.7 Å². The summed E-state index contributed by atoms with van der Waals surface area (Å²) in [5.41, 5.74) is 4.54. The normalized spacial score (nSPS) is 27.8. The van der Waals surface area contributed by atoms with E-state index in [4.69, 9.17) is 10.5 Å². The summed E-state index contributed by atoms with van der Waals surface area (Å²) in [6.45, 7) is 0.807. The quantitative estimate of drug-likeness (QED) is 0.747. The van der Waals surface area contributed by atoms with E-state index in [1.54, 1.807) is 0 Å². The van der Waals surface area contributed by atoms with Crippen molar-refractivity contribution in [2.45, 2.75) is 62.6 Å². The standard InChI is InChI=1S/C17H27N3O4S/c18-15(22)13-10-25-11-14(21)20(13)17(6-8-24-9-7-17)16(23)19-12-4-2-1-3-5-12/h12-13H,1-11H2,(H2,18,22)(H,19,23). The Morgan fingerprint density at radius 3 is 2.52 bits per heavy atom. The molecule has 2 aliphatic heterocycles. The van der Waals surface area contributed by atoms with Crippen LogP contribution in [0.3, 0.4) is 0 Å². The van der Waals surface area contributed by atoms with Crippen LogP contribution < -0.4 is 11.1 Å². The molecule has 3 aliphatic rings. The van der Waals surface area contributed by atoms with E-state index in [1.807, 2.05) is 0 Å². The number of hydrogen-bond acceptors (Lipinski definition) is 5. The number of hydrogen-bond donors (Lipinski definition) is 2. The first-order chi connectivity index (χ1) is 12.0. The van der Waals surface area contributed by atoms with E-state index in [-0.39, 0.29) is 23.6 Å². The molecule has 1 unspecified atom stereocenters. The van der Waals surface area contributed by atoms with Crippen molar-refractivity contribution in [1.82, 2.24) is 10.2 Å². The fraction of sp³-hybridized carbons (Fsp3) is 0.824. The molecule has 2 heterocycles. The highest BCUT2D eigenvalue weighted by Gasteiger charge is 2.52. The highest BCUT2D eigenvalue weighted by atomic mass is 32.2. The summed E-state index contributed by atoms with van der Waals surface area (Å²) < 4.78 is 5.45. The number of primary amides is 1. The molecule has 2 saturated heterocycles. The summed E-state index contributed by atoms with van der Waals surface area (Å²) in [7, 11) is 0. The van der Waals surface area contributed by atoms with Gasteiger partial charge in [0, 0.05) is 37.9 Å². The van der Waals surface area contributed by atoms with Crippen molar-refractivity contribution in [3.63, 3.8) is 0 Å². The van der Waals surface area contributed by atoms with Gasteiger partial charge in [-0.3, -0.25) is 14.4 Å². The smallest absolute Gasteiger partial charge is 0.246 e. The second kappa shape index (κ2) is 7.95. The highest BCUT2D eigenvalue weighted by Crippen LogP contribution is 2.35. The molecule has 3 N–H and O–H groups in total. The molecular weight excluding hydrogens is 342 g/mol. The van der Waals surface area contributed by atoms with Crippen LogP contribution in [0.25, 0.3) is 0 Å². The first-order valence-corrected chi connectivity index (χ1v) is 10.3. The summed E-state index contributed by atoms with van der Waals surface area (Å²) in [6, 6.07) is -0.580. The molecule has 0 bridgehead atoms. The van der Waals surface area contributed by atoms with Gasteiger partial charge in [0.2, 0.25) is 17.7 Å². The fourth-order valence-electron chi connectivity index (χ4n) is 4.18. The molecular formula is C17H27N3O4S. The second-order valence-electron chi connectivity index (χ2n) is 7.15. The van der Waals surface area contributed by atoms with Gasteiger partial charge in [0.25, 0.3) is 0 Å². The van der Waals surface area contributed by atoms with E-state index in [0.29, 0.717) is 31.8 Å². The van der Waals surface area contributed by atoms with E-state index < -0.39 is 17.5 Å². The van der Waals surface area contributed by atoms with E-state index in [0.717, 1.165) is 25.7 Å². The molecule has 3 rings (SSSR count). The number of rotatable bonds is 4. The lowest BCUT2D eigenvalue weighted by molar-refractivity contribution is -0.159. The van der Waals surface area contributed by atoms with Crippen molar-refractivity contribution in [3.8, 4) is 0 Å². The zero-order chi connectivity index (χ0) is 17.9. The van der Waals surface area contributed by atoms with Gasteiger partial charge in [0.15, 0.2) is 0 Å². The molecule has 140 valence electrons. The Bertz CT molecular complexity index is 530. The lowest BCUT2D eigenvalue weighted by Crippen LogP contribution is -2.70. The Balaban J connectivity index is 1.86. The minimum atomic E-state index is -1.02. The Labute approximate surface area is 152 Å². The maximum absolute atomic E-state index is 13.3. The number of carbonyl (C=O) groups excluding carboxylic acids is 3. The SMILES string of the molecule is NC(=O)C1CSCC(=O)N1C1(C(=O)NC2CCCCC2)CCOCC1. The Kier molecular flexibility index (Phi) is 5.89. The van der Waals surface area contributed by atoms with Crippen LogP contribution in [0, 0.1) is 0 Å². The van der Waals surface area contributed by atoms with Crippen LogP contribution in [-0.2, 0) is 19.1 Å². The molecule has 3 amide bonds. The molecule has 0 aromatic carbocycles. The Morgan fingerprint density at radius 2 is 1.88 bits per heavy atom. The van der Waals surface area contributed by atoms with Crippen LogP contribution >= 0.6 is 11.8 Å². The molecule has 0 aromatic rings. The minimum Gasteiger partial charge on any atom is -0.381 e. The summed E-state index contributed by atoms with van der Waals surface area (Å²) in [6.07, 6.45) is 6.20. The van der Waals surface area contributed by atoms with E-state index >= 15 is 0 Å². The lowest BCUT2D eigenvalue weighted by atomic mass is 9.84. The zero-order valence-corrected chi connectivity index (χ0v) is 15.3. The van der Waals surface area contributed by atoms with Crippen LogP contribution in [0.5, 0.6) is 0 Å². The molecule has 0 aromatic heterocycles. The predicted molar refractivity (Wildman–Crippen MR) is 95.0 cm³/mol. The first kappa shape index (κ1) is 18.5. The second-order valence-corrected chi connectivity index (χ2v) is 8.18. The third-order valence-corrected chi connectivity index (χ3v) is 6.56. The molecule has 1 atom stereocenters. The van der Waals surface area contributed by atoms with Crippen molar-refractivity contribution in [2.24, 2.45) is 5.73 Å². The van der Waals surface area contributed by atoms with Gasteiger partial charge in [-0.25, -0.2) is 0 Å². The van der Waals surface area contributed by atoms with Crippen LogP contribution in [0.15, 0.2) is 0 Å². The van der Waals surface area contributed by atoms with Crippen LogP contribution in [0.4, 0.5) is 0 Å². The Hall–Kier alpha value is -1.28. The summed E-state index contributed by atoms with van der Waals surface area (Å²) in [5.74, 6) is -0.143. The number of amides is 3.